The summed E-state index contributed by atoms with van der Waals surface area (Å²) in [4.78, 5) is 19.0. The summed E-state index contributed by atoms with van der Waals surface area (Å²) < 4.78 is 33.6. The van der Waals surface area contributed by atoms with Crippen molar-refractivity contribution < 1.29 is 95.7 Å². The van der Waals surface area contributed by atoms with Crippen LogP contribution in [0.2, 0.25) is 0 Å². The number of hydrogen-bond acceptors (Lipinski definition) is 8. The van der Waals surface area contributed by atoms with Crippen LogP contribution in [-0.2, 0) is 28.4 Å². The smallest absolute Gasteiger partial charge is 0.550 e. The number of carboxylic acids is 2. The monoisotopic (exact) mass is 484 g/mol. The SMILES string of the molecule is CCCCC(CC)COS(=O)(=O)OCC(CC)CCCC.O=C([O-])CCC(=O)[O-].[Na+].[Na+]. The number of carbonyl (C=O) groups is 2. The second-order valence-electron chi connectivity index (χ2n) is 7.05. The predicted molar refractivity (Wildman–Crippen MR) is 107 cm³/mol. The molecule has 31 heavy (non-hydrogen) atoms. The van der Waals surface area contributed by atoms with Gasteiger partial charge in [0, 0.05) is 11.9 Å². The van der Waals surface area contributed by atoms with Gasteiger partial charge in [-0.3, -0.25) is 0 Å². The Morgan fingerprint density at radius 2 is 1.06 bits per heavy atom. The van der Waals surface area contributed by atoms with E-state index in [1.807, 2.05) is 0 Å². The second-order valence-corrected chi connectivity index (χ2v) is 8.34. The Balaban J connectivity index is -0.000000311. The van der Waals surface area contributed by atoms with Crippen molar-refractivity contribution in [1.82, 2.24) is 0 Å². The minimum Gasteiger partial charge on any atom is -0.550 e. The van der Waals surface area contributed by atoms with Gasteiger partial charge in [0.25, 0.3) is 0 Å². The van der Waals surface area contributed by atoms with Crippen LogP contribution in [0.25, 0.3) is 0 Å². The zero-order valence-corrected chi connectivity index (χ0v) is 25.1. The summed E-state index contributed by atoms with van der Waals surface area (Å²) in [6, 6.07) is 0. The summed E-state index contributed by atoms with van der Waals surface area (Å²) in [5, 5.41) is 19.0. The third-order valence-corrected chi connectivity index (χ3v) is 5.37. The van der Waals surface area contributed by atoms with Crippen LogP contribution in [0.1, 0.15) is 91.9 Å². The van der Waals surface area contributed by atoms with Crippen molar-refractivity contribution in [3.8, 4) is 0 Å². The average molecular weight is 485 g/mol. The van der Waals surface area contributed by atoms with Gasteiger partial charge in [0.2, 0.25) is 0 Å². The number of unbranched alkanes of at least 4 members (excludes halogenated alkanes) is 2. The molecular formula is C20H38Na2O8S. The minimum absolute atomic E-state index is 0. The van der Waals surface area contributed by atoms with E-state index in [2.05, 4.69) is 27.7 Å². The van der Waals surface area contributed by atoms with Crippen molar-refractivity contribution in [3.05, 3.63) is 0 Å². The normalized spacial score (nSPS) is 12.4. The van der Waals surface area contributed by atoms with E-state index in [4.69, 9.17) is 8.37 Å². The molecule has 0 aromatic carbocycles. The molecule has 0 heterocycles. The van der Waals surface area contributed by atoms with Crippen LogP contribution >= 0.6 is 0 Å². The Morgan fingerprint density at radius 3 is 1.29 bits per heavy atom. The van der Waals surface area contributed by atoms with Gasteiger partial charge in [0.15, 0.2) is 0 Å². The molecule has 0 saturated heterocycles. The van der Waals surface area contributed by atoms with Gasteiger partial charge >= 0.3 is 69.5 Å². The Labute approximate surface area is 233 Å². The van der Waals surface area contributed by atoms with Crippen LogP contribution in [0.5, 0.6) is 0 Å². The molecule has 0 aromatic heterocycles. The fourth-order valence-electron chi connectivity index (χ4n) is 2.39. The first-order valence-corrected chi connectivity index (χ1v) is 11.9. The third kappa shape index (κ3) is 28.8. The van der Waals surface area contributed by atoms with Crippen LogP contribution in [0.3, 0.4) is 0 Å². The van der Waals surface area contributed by atoms with Gasteiger partial charge in [-0.25, -0.2) is 8.37 Å². The topological polar surface area (TPSA) is 133 Å². The largest absolute Gasteiger partial charge is 1.00 e. The second kappa shape index (κ2) is 25.4. The summed E-state index contributed by atoms with van der Waals surface area (Å²) in [5.74, 6) is -2.14. The van der Waals surface area contributed by atoms with Crippen molar-refractivity contribution in [2.24, 2.45) is 11.8 Å². The molecule has 0 aromatic rings. The third-order valence-electron chi connectivity index (χ3n) is 4.52. The van der Waals surface area contributed by atoms with E-state index in [9.17, 15) is 28.2 Å². The first-order valence-electron chi connectivity index (χ1n) is 10.5. The van der Waals surface area contributed by atoms with Crippen LogP contribution in [0.4, 0.5) is 0 Å². The first-order chi connectivity index (χ1) is 13.6. The van der Waals surface area contributed by atoms with E-state index in [-0.39, 0.29) is 72.3 Å². The van der Waals surface area contributed by atoms with Gasteiger partial charge in [-0.15, -0.1) is 0 Å². The first kappa shape index (κ1) is 39.0. The number of carbonyl (C=O) groups excluding carboxylic acids is 2. The van der Waals surface area contributed by atoms with Gasteiger partial charge in [0.05, 0.1) is 13.2 Å². The number of aliphatic carboxylic acids is 2. The Morgan fingerprint density at radius 1 is 0.742 bits per heavy atom. The number of rotatable bonds is 17. The summed E-state index contributed by atoms with van der Waals surface area (Å²) in [5.41, 5.74) is 0. The molecule has 0 fully saturated rings. The molecule has 11 heteroatoms. The van der Waals surface area contributed by atoms with Crippen molar-refractivity contribution in [3.63, 3.8) is 0 Å². The summed E-state index contributed by atoms with van der Waals surface area (Å²) in [6.45, 7) is 8.88. The molecule has 2 atom stereocenters. The fraction of sp³-hybridized carbons (Fsp3) is 0.900. The Bertz CT molecular complexity index is 489. The minimum atomic E-state index is -3.84. The summed E-state index contributed by atoms with van der Waals surface area (Å²) in [7, 11) is -3.84. The molecule has 0 aliphatic heterocycles. The molecule has 0 bridgehead atoms. The summed E-state index contributed by atoms with van der Waals surface area (Å²) >= 11 is 0. The van der Waals surface area contributed by atoms with E-state index in [0.29, 0.717) is 11.8 Å². The molecule has 0 spiro atoms. The predicted octanol–water partition coefficient (Wildman–Crippen LogP) is -4.03. The fourth-order valence-corrected chi connectivity index (χ4v) is 3.18. The molecule has 0 N–H and O–H groups in total. The molecule has 8 nitrogen and oxygen atoms in total. The maximum atomic E-state index is 11.8. The van der Waals surface area contributed by atoms with Crippen LogP contribution in [-0.4, -0.2) is 33.6 Å². The maximum absolute atomic E-state index is 11.8. The van der Waals surface area contributed by atoms with Gasteiger partial charge in [-0.05, 0) is 37.5 Å². The van der Waals surface area contributed by atoms with Crippen molar-refractivity contribution in [2.75, 3.05) is 13.2 Å². The zero-order chi connectivity index (χ0) is 22.7. The number of carboxylic acid groups (broad SMARTS) is 2. The molecule has 0 amide bonds. The van der Waals surface area contributed by atoms with E-state index < -0.39 is 35.2 Å². The van der Waals surface area contributed by atoms with Crippen molar-refractivity contribution in [2.45, 2.75) is 91.9 Å². The van der Waals surface area contributed by atoms with Crippen LogP contribution < -0.4 is 69.3 Å². The molecule has 0 rings (SSSR count). The van der Waals surface area contributed by atoms with Crippen LogP contribution in [0, 0.1) is 11.8 Å². The summed E-state index contributed by atoms with van der Waals surface area (Å²) in [6.07, 6.45) is 7.41. The molecule has 0 radical (unpaired) electrons. The molecule has 0 aliphatic rings. The van der Waals surface area contributed by atoms with Crippen molar-refractivity contribution >= 4 is 22.3 Å². The van der Waals surface area contributed by atoms with E-state index in [1.54, 1.807) is 0 Å². The van der Waals surface area contributed by atoms with E-state index >= 15 is 0 Å². The molecule has 0 aliphatic carbocycles. The average Bonchev–Trinajstić information content (AvgIpc) is 2.67. The standard InChI is InChI=1S/C16H34O4S.C4H6O4.2Na/c1-5-9-11-15(7-3)13-19-21(17,18)20-14-16(8-4)12-10-6-2;5-3(6)1-2-4(7)8;;/h15-16H,5-14H2,1-4H3;1-2H2,(H,5,6)(H,7,8);;/q;;2*+1/p-2. The van der Waals surface area contributed by atoms with E-state index in [1.165, 1.54) is 0 Å². The Hall–Kier alpha value is 0.810. The van der Waals surface area contributed by atoms with Gasteiger partial charge < -0.3 is 19.8 Å². The van der Waals surface area contributed by atoms with Gasteiger partial charge in [-0.2, -0.15) is 8.42 Å². The van der Waals surface area contributed by atoms with E-state index in [0.717, 1.165) is 51.4 Å². The zero-order valence-electron chi connectivity index (χ0n) is 20.3. The van der Waals surface area contributed by atoms with Gasteiger partial charge in [0.1, 0.15) is 0 Å². The molecule has 2 unspecified atom stereocenters. The van der Waals surface area contributed by atoms with Crippen molar-refractivity contribution in [1.29, 1.82) is 0 Å². The molecular weight excluding hydrogens is 446 g/mol. The quantitative estimate of drug-likeness (QED) is 0.191. The molecule has 174 valence electrons. The number of hydrogen-bond donors (Lipinski definition) is 0. The Kier molecular flexibility index (Phi) is 32.0. The van der Waals surface area contributed by atoms with Crippen LogP contribution in [0.15, 0.2) is 0 Å². The maximum Gasteiger partial charge on any atom is 1.00 e. The molecule has 0 saturated carbocycles. The van der Waals surface area contributed by atoms with Gasteiger partial charge in [-0.1, -0.05) is 66.2 Å².